The lowest BCUT2D eigenvalue weighted by Gasteiger charge is -2.20. The Labute approximate surface area is 202 Å². The van der Waals surface area contributed by atoms with Crippen molar-refractivity contribution in [1.82, 2.24) is 9.97 Å². The van der Waals surface area contributed by atoms with Gasteiger partial charge in [0.15, 0.2) is 0 Å². The summed E-state index contributed by atoms with van der Waals surface area (Å²) in [5.74, 6) is 4.81. The number of nitrogens with one attached hydrogen (secondary N) is 2. The van der Waals surface area contributed by atoms with Crippen LogP contribution in [-0.2, 0) is 6.18 Å². The van der Waals surface area contributed by atoms with Gasteiger partial charge in [-0.1, -0.05) is 29.8 Å². The van der Waals surface area contributed by atoms with Gasteiger partial charge in [-0.2, -0.15) is 13.2 Å². The van der Waals surface area contributed by atoms with Crippen LogP contribution in [0.5, 0.6) is 0 Å². The number of alkyl halides is 3. The topological polar surface area (TPSA) is 104 Å². The van der Waals surface area contributed by atoms with Crippen molar-refractivity contribution in [3.8, 4) is 0 Å². The third-order valence-corrected chi connectivity index (χ3v) is 5.82. The molecular weight excluding hydrogens is 483 g/mol. The molecule has 0 aliphatic rings. The number of hydrogen-bond donors (Lipinski definition) is 3. The van der Waals surface area contributed by atoms with E-state index in [2.05, 4.69) is 15.3 Å². The number of rotatable bonds is 4. The first kappa shape index (κ1) is 24.2. The Morgan fingerprint density at radius 1 is 1.06 bits per heavy atom. The molecule has 0 atom stereocenters. The molecule has 0 unspecified atom stereocenters. The van der Waals surface area contributed by atoms with E-state index in [1.807, 2.05) is 0 Å². The molecule has 0 aliphatic heterocycles. The zero-order valence-electron chi connectivity index (χ0n) is 18.5. The molecule has 4 N–H and O–H groups in total. The van der Waals surface area contributed by atoms with E-state index in [0.717, 1.165) is 12.1 Å². The summed E-state index contributed by atoms with van der Waals surface area (Å²) in [5, 5.41) is 3.78. The molecule has 4 rings (SSSR count). The van der Waals surface area contributed by atoms with Crippen LogP contribution in [0.25, 0.3) is 11.0 Å². The van der Waals surface area contributed by atoms with Crippen molar-refractivity contribution in [2.75, 3.05) is 10.3 Å². The number of carbonyl (C=O) groups is 2. The van der Waals surface area contributed by atoms with Crippen molar-refractivity contribution in [1.29, 1.82) is 0 Å². The van der Waals surface area contributed by atoms with Gasteiger partial charge in [-0.25, -0.2) is 15.8 Å². The van der Waals surface area contributed by atoms with Gasteiger partial charge in [0.1, 0.15) is 11.3 Å². The molecule has 0 bridgehead atoms. The van der Waals surface area contributed by atoms with E-state index >= 15 is 0 Å². The number of nitrogens with two attached hydrogens (primary N) is 1. The maximum Gasteiger partial charge on any atom is 0.417 e. The highest BCUT2D eigenvalue weighted by Crippen LogP contribution is 2.33. The van der Waals surface area contributed by atoms with Crippen molar-refractivity contribution in [3.63, 3.8) is 0 Å². The lowest BCUT2D eigenvalue weighted by molar-refractivity contribution is -0.137. The smallest absolute Gasteiger partial charge is 0.342 e. The van der Waals surface area contributed by atoms with E-state index in [0.29, 0.717) is 38.1 Å². The molecule has 0 saturated heterocycles. The second-order valence-corrected chi connectivity index (χ2v) is 8.20. The molecular formula is C24H19ClF3N5O2. The molecule has 4 aromatic rings. The number of halogens is 4. The Morgan fingerprint density at radius 3 is 2.49 bits per heavy atom. The second-order valence-electron chi connectivity index (χ2n) is 7.80. The van der Waals surface area contributed by atoms with Crippen LogP contribution >= 0.6 is 11.6 Å². The fraction of sp³-hybridized carbons (Fsp3) is 0.125. The molecule has 2 amide bonds. The number of hydrogen-bond acceptors (Lipinski definition) is 4. The second kappa shape index (κ2) is 9.05. The normalized spacial score (nSPS) is 11.5. The average Bonchev–Trinajstić information content (AvgIpc) is 3.19. The first-order valence-corrected chi connectivity index (χ1v) is 10.7. The lowest BCUT2D eigenvalue weighted by atomic mass is 10.1. The minimum absolute atomic E-state index is 0.00362. The summed E-state index contributed by atoms with van der Waals surface area (Å²) in [5.41, 5.74) is 0.114. The Morgan fingerprint density at radius 2 is 1.77 bits per heavy atom. The van der Waals surface area contributed by atoms with Crippen LogP contribution in [0.15, 0.2) is 54.6 Å². The summed E-state index contributed by atoms with van der Waals surface area (Å²) in [6.45, 7) is 3.41. The number of carbonyl (C=O) groups excluding carboxylic acids is 2. The van der Waals surface area contributed by atoms with Gasteiger partial charge in [-0.15, -0.1) is 0 Å². The summed E-state index contributed by atoms with van der Waals surface area (Å²) >= 11 is 6.14. The van der Waals surface area contributed by atoms with E-state index in [1.165, 1.54) is 24.3 Å². The molecule has 0 spiro atoms. The Bertz CT molecular complexity index is 1470. The van der Waals surface area contributed by atoms with Gasteiger partial charge in [0.25, 0.3) is 11.8 Å². The quantitative estimate of drug-likeness (QED) is 0.192. The van der Waals surface area contributed by atoms with Crippen molar-refractivity contribution in [2.24, 2.45) is 5.84 Å². The summed E-state index contributed by atoms with van der Waals surface area (Å²) in [7, 11) is 0. The molecule has 3 aromatic carbocycles. The third-order valence-electron chi connectivity index (χ3n) is 5.41. The fourth-order valence-corrected chi connectivity index (χ4v) is 3.81. The summed E-state index contributed by atoms with van der Waals surface area (Å²) in [6.07, 6.45) is -4.75. The maximum atomic E-state index is 13.4. The molecule has 7 nitrogen and oxygen atoms in total. The van der Waals surface area contributed by atoms with E-state index in [-0.39, 0.29) is 11.3 Å². The molecule has 35 heavy (non-hydrogen) atoms. The zero-order chi connectivity index (χ0) is 25.5. The number of fused-ring (bicyclic) bond motifs is 1. The molecule has 180 valence electrons. The van der Waals surface area contributed by atoms with Crippen molar-refractivity contribution in [3.05, 3.63) is 87.7 Å². The van der Waals surface area contributed by atoms with Crippen LogP contribution < -0.4 is 16.2 Å². The average molecular weight is 502 g/mol. The predicted octanol–water partition coefficient (Wildman–Crippen LogP) is 5.62. The fourth-order valence-electron chi connectivity index (χ4n) is 3.63. The Balaban J connectivity index is 1.77. The zero-order valence-corrected chi connectivity index (χ0v) is 19.3. The van der Waals surface area contributed by atoms with E-state index < -0.39 is 29.1 Å². The molecule has 0 fully saturated rings. The van der Waals surface area contributed by atoms with Crippen molar-refractivity contribution in [2.45, 2.75) is 20.0 Å². The molecule has 0 aliphatic carbocycles. The monoisotopic (exact) mass is 501 g/mol. The third kappa shape index (κ3) is 4.71. The Hall–Kier alpha value is -3.89. The lowest BCUT2D eigenvalue weighted by Crippen LogP contribution is -2.38. The first-order valence-electron chi connectivity index (χ1n) is 10.3. The highest BCUT2D eigenvalue weighted by molar-refractivity contribution is 6.31. The van der Waals surface area contributed by atoms with Crippen molar-refractivity contribution >= 4 is 45.8 Å². The molecule has 11 heteroatoms. The number of anilines is 2. The van der Waals surface area contributed by atoms with Crippen LogP contribution in [0, 0.1) is 13.8 Å². The standard InChI is InChI=1S/C24H19ClF3N5O2/c1-12-18(25)8-5-9-19(12)32-22(34)16-10-14(11-20-21(16)31-13(2)30-20)33(29)23(35)15-6-3-4-7-17(15)24(26,27)28/h3-11H,29H2,1-2H3,(H,30,31)(H,32,34). The minimum Gasteiger partial charge on any atom is -0.342 e. The van der Waals surface area contributed by atoms with Crippen LogP contribution in [0.3, 0.4) is 0 Å². The minimum atomic E-state index is -4.75. The summed E-state index contributed by atoms with van der Waals surface area (Å²) in [6, 6.07) is 12.1. The number of H-pyrrole nitrogens is 1. The highest BCUT2D eigenvalue weighted by atomic mass is 35.5. The van der Waals surface area contributed by atoms with Crippen molar-refractivity contribution < 1.29 is 22.8 Å². The summed E-state index contributed by atoms with van der Waals surface area (Å²) in [4.78, 5) is 33.5. The van der Waals surface area contributed by atoms with Crippen LogP contribution in [0.1, 0.15) is 37.7 Å². The van der Waals surface area contributed by atoms with Crippen LogP contribution in [0.2, 0.25) is 5.02 Å². The number of imidazole rings is 1. The summed E-state index contributed by atoms with van der Waals surface area (Å²) < 4.78 is 40.3. The van der Waals surface area contributed by atoms with Gasteiger partial charge < -0.3 is 10.3 Å². The molecule has 1 aromatic heterocycles. The first-order chi connectivity index (χ1) is 16.5. The van der Waals surface area contributed by atoms with Crippen LogP contribution in [0.4, 0.5) is 24.5 Å². The van der Waals surface area contributed by atoms with Gasteiger partial charge in [-0.05, 0) is 55.8 Å². The number of aromatic nitrogens is 2. The predicted molar refractivity (Wildman–Crippen MR) is 127 cm³/mol. The van der Waals surface area contributed by atoms with E-state index in [4.69, 9.17) is 17.4 Å². The van der Waals surface area contributed by atoms with Gasteiger partial charge in [0.05, 0.1) is 27.9 Å². The number of nitrogens with zero attached hydrogens (tertiary/aromatic N) is 2. The highest BCUT2D eigenvalue weighted by Gasteiger charge is 2.36. The number of hydrazine groups is 1. The van der Waals surface area contributed by atoms with Gasteiger partial charge >= 0.3 is 6.18 Å². The number of benzene rings is 3. The number of aromatic amines is 1. The van der Waals surface area contributed by atoms with E-state index in [9.17, 15) is 22.8 Å². The van der Waals surface area contributed by atoms with Crippen LogP contribution in [-0.4, -0.2) is 21.8 Å². The van der Waals surface area contributed by atoms with Gasteiger partial charge in [0, 0.05) is 10.7 Å². The van der Waals surface area contributed by atoms with Gasteiger partial charge in [0.2, 0.25) is 0 Å². The SMILES string of the molecule is Cc1nc2c(C(=O)Nc3cccc(Cl)c3C)cc(N(N)C(=O)c3ccccc3C(F)(F)F)cc2[nH]1. The molecule has 1 heterocycles. The van der Waals surface area contributed by atoms with E-state index in [1.54, 1.807) is 32.0 Å². The largest absolute Gasteiger partial charge is 0.417 e. The molecule has 0 radical (unpaired) electrons. The number of amides is 2. The molecule has 0 saturated carbocycles. The van der Waals surface area contributed by atoms with Gasteiger partial charge in [-0.3, -0.25) is 9.59 Å². The Kier molecular flexibility index (Phi) is 6.27. The number of aryl methyl sites for hydroxylation is 1. The maximum absolute atomic E-state index is 13.4.